The highest BCUT2D eigenvalue weighted by atomic mass is 35.5. The van der Waals surface area contributed by atoms with Gasteiger partial charge >= 0.3 is 19.4 Å². The van der Waals surface area contributed by atoms with Crippen molar-refractivity contribution in [1.29, 1.82) is 0 Å². The average molecular weight is 572 g/mol. The Hall–Kier alpha value is -2.61. The van der Waals surface area contributed by atoms with E-state index in [4.69, 9.17) is 42.7 Å². The van der Waals surface area contributed by atoms with Crippen molar-refractivity contribution in [3.05, 3.63) is 57.4 Å². The molecule has 38 heavy (non-hydrogen) atoms. The minimum atomic E-state index is -4.35. The molecule has 2 radical (unpaired) electrons. The van der Waals surface area contributed by atoms with E-state index >= 15 is 0 Å². The summed E-state index contributed by atoms with van der Waals surface area (Å²) in [5, 5.41) is 13.2. The van der Waals surface area contributed by atoms with Gasteiger partial charge in [-0.05, 0) is 32.9 Å². The molecule has 2 aromatic rings. The molecule has 0 amide bonds. The normalized spacial score (nSPS) is 25.5. The maximum atomic E-state index is 13.8. The van der Waals surface area contributed by atoms with E-state index in [2.05, 4.69) is 5.09 Å². The zero-order valence-electron chi connectivity index (χ0n) is 21.0. The molecule has 16 heteroatoms. The second-order valence-electron chi connectivity index (χ2n) is 8.72. The lowest BCUT2D eigenvalue weighted by Crippen LogP contribution is -2.45. The molecule has 0 aliphatic carbocycles. The van der Waals surface area contributed by atoms with E-state index in [1.807, 2.05) is 4.98 Å². The summed E-state index contributed by atoms with van der Waals surface area (Å²) >= 11 is 6.32. The molecule has 1 aliphatic rings. The van der Waals surface area contributed by atoms with Gasteiger partial charge in [-0.3, -0.25) is 23.7 Å². The second kappa shape index (κ2) is 12.1. The molecule has 6 atom stereocenters. The Morgan fingerprint density at radius 1 is 1.32 bits per heavy atom. The van der Waals surface area contributed by atoms with Gasteiger partial charge in [0.05, 0.1) is 30.7 Å². The van der Waals surface area contributed by atoms with Crippen LogP contribution in [-0.2, 0) is 23.4 Å². The number of hydrogen-bond donors (Lipinski definition) is 3. The third-order valence-electron chi connectivity index (χ3n) is 5.32. The molecule has 206 valence electrons. The number of alkyl halides is 1. The van der Waals surface area contributed by atoms with Crippen LogP contribution in [0.2, 0.25) is 0 Å². The van der Waals surface area contributed by atoms with E-state index in [1.165, 1.54) is 26.2 Å². The molecule has 1 aromatic carbocycles. The molecule has 1 aliphatic heterocycles. The van der Waals surface area contributed by atoms with Crippen molar-refractivity contribution >= 4 is 33.2 Å². The van der Waals surface area contributed by atoms with Crippen LogP contribution in [0.4, 0.5) is 0 Å². The number of benzene rings is 1. The topological polar surface area (TPSA) is 167 Å². The summed E-state index contributed by atoms with van der Waals surface area (Å²) in [5.74, 6) is -0.227. The molecule has 0 saturated carbocycles. The van der Waals surface area contributed by atoms with Crippen LogP contribution >= 0.6 is 19.3 Å². The Bertz CT molecular complexity index is 1300. The van der Waals surface area contributed by atoms with E-state index in [-0.39, 0.29) is 5.75 Å². The van der Waals surface area contributed by atoms with Gasteiger partial charge in [0.2, 0.25) is 0 Å². The Morgan fingerprint density at radius 3 is 2.63 bits per heavy atom. The van der Waals surface area contributed by atoms with Crippen LogP contribution in [0.5, 0.6) is 11.5 Å². The number of aliphatic hydroxyl groups is 1. The summed E-state index contributed by atoms with van der Waals surface area (Å²) in [6, 6.07) is 6.07. The molecule has 0 bridgehead atoms. The summed E-state index contributed by atoms with van der Waals surface area (Å²) in [7, 11) is 3.13. The van der Waals surface area contributed by atoms with Crippen LogP contribution in [0.3, 0.4) is 0 Å². The number of H-pyrrole nitrogens is 1. The first-order chi connectivity index (χ1) is 17.8. The fourth-order valence-electron chi connectivity index (χ4n) is 3.48. The van der Waals surface area contributed by atoms with Crippen molar-refractivity contribution in [3.8, 4) is 11.5 Å². The number of hydrogen-bond acceptors (Lipinski definition) is 10. The van der Waals surface area contributed by atoms with Crippen LogP contribution in [0.25, 0.3) is 0 Å². The first-order valence-electron chi connectivity index (χ1n) is 11.4. The largest absolute Gasteiger partial charge is 0.497 e. The number of halogens is 1. The number of aromatic amines is 1. The highest BCUT2D eigenvalue weighted by molar-refractivity contribution is 7.52. The number of carbonyl (C=O) groups is 1. The number of carbonyl (C=O) groups excluding carboxylic acids is 1. The van der Waals surface area contributed by atoms with Gasteiger partial charge in [0.1, 0.15) is 31.5 Å². The first kappa shape index (κ1) is 29.9. The Kier molecular flexibility index (Phi) is 9.50. The Labute approximate surface area is 224 Å². The molecule has 3 N–H and O–H groups in total. The molecule has 3 rings (SSSR count). The lowest BCUT2D eigenvalue weighted by Gasteiger charge is -2.27. The monoisotopic (exact) mass is 571 g/mol. The number of aromatic nitrogens is 2. The minimum Gasteiger partial charge on any atom is -0.497 e. The maximum Gasteiger partial charge on any atom is 0.459 e. The summed E-state index contributed by atoms with van der Waals surface area (Å²) in [6.45, 7) is 4.11. The van der Waals surface area contributed by atoms with Gasteiger partial charge < -0.3 is 23.8 Å². The van der Waals surface area contributed by atoms with E-state index in [0.717, 1.165) is 16.8 Å². The lowest BCUT2D eigenvalue weighted by molar-refractivity contribution is -0.149. The SMILES string of the molecule is [B][C@]1(Cl)[C@H](O)[C@@H](CO[P@@](=O)(N[C@@H](C)C(=O)OC(C)C)Oc2cccc(OC)c2)O[C@H]1n1ccc(=O)[nH]c1=O. The van der Waals surface area contributed by atoms with Gasteiger partial charge in [0, 0.05) is 18.3 Å². The predicted molar refractivity (Wildman–Crippen MR) is 137 cm³/mol. The molecule has 0 spiro atoms. The molecular formula is C22H28BClN3O10P. The average Bonchev–Trinajstić information content (AvgIpc) is 3.06. The van der Waals surface area contributed by atoms with Gasteiger partial charge in [-0.25, -0.2) is 9.36 Å². The number of esters is 1. The van der Waals surface area contributed by atoms with Crippen LogP contribution in [0.1, 0.15) is 27.0 Å². The number of nitrogens with one attached hydrogen (secondary N) is 2. The Balaban J connectivity index is 1.83. The standard InChI is InChI=1S/C22H28BClN3O10P/c1-12(2)35-19(30)13(3)26-38(32,37-15-7-5-6-14(10-15)33-4)34-11-16-18(29)22(23,24)20(36-16)27-9-8-17(28)25-21(27)31/h5-10,12-13,16,18,20,29H,11H2,1-4H3,(H,26,32)(H,25,28,31)/t13-,16+,18+,20+,22-,38-/m0/s1. The fourth-order valence-corrected chi connectivity index (χ4v) is 5.27. The molecule has 1 fully saturated rings. The van der Waals surface area contributed by atoms with Gasteiger partial charge in [-0.1, -0.05) is 6.07 Å². The Morgan fingerprint density at radius 2 is 2.00 bits per heavy atom. The van der Waals surface area contributed by atoms with Gasteiger partial charge in [0.25, 0.3) is 5.56 Å². The first-order valence-corrected chi connectivity index (χ1v) is 13.4. The number of rotatable bonds is 11. The summed E-state index contributed by atoms with van der Waals surface area (Å²) < 4.78 is 39.7. The molecule has 2 heterocycles. The van der Waals surface area contributed by atoms with Crippen LogP contribution in [-0.4, -0.2) is 71.3 Å². The number of nitrogens with zero attached hydrogens (tertiary/aromatic N) is 1. The number of ether oxygens (including phenoxy) is 3. The molecule has 13 nitrogen and oxygen atoms in total. The predicted octanol–water partition coefficient (Wildman–Crippen LogP) is 1.04. The zero-order valence-corrected chi connectivity index (χ0v) is 22.7. The van der Waals surface area contributed by atoms with Crippen molar-refractivity contribution in [1.82, 2.24) is 14.6 Å². The van der Waals surface area contributed by atoms with E-state index < -0.39 is 66.9 Å². The van der Waals surface area contributed by atoms with Gasteiger partial charge in [-0.2, -0.15) is 5.09 Å². The van der Waals surface area contributed by atoms with Gasteiger partial charge in [0.15, 0.2) is 6.23 Å². The van der Waals surface area contributed by atoms with Crippen molar-refractivity contribution < 1.29 is 37.7 Å². The smallest absolute Gasteiger partial charge is 0.459 e. The fraction of sp³-hybridized carbons (Fsp3) is 0.500. The van der Waals surface area contributed by atoms with Crippen LogP contribution in [0.15, 0.2) is 46.1 Å². The third kappa shape index (κ3) is 7.07. The van der Waals surface area contributed by atoms with E-state index in [9.17, 15) is 24.1 Å². The molecule has 1 aromatic heterocycles. The highest BCUT2D eigenvalue weighted by Crippen LogP contribution is 2.47. The van der Waals surface area contributed by atoms with Crippen molar-refractivity contribution in [2.24, 2.45) is 0 Å². The third-order valence-corrected chi connectivity index (χ3v) is 7.38. The maximum absolute atomic E-state index is 13.8. The molecule has 1 saturated heterocycles. The lowest BCUT2D eigenvalue weighted by atomic mass is 9.79. The molecule has 0 unspecified atom stereocenters. The summed E-state index contributed by atoms with van der Waals surface area (Å²) in [4.78, 5) is 38.0. The minimum absolute atomic E-state index is 0.0840. The van der Waals surface area contributed by atoms with Gasteiger partial charge in [-0.15, -0.1) is 11.6 Å². The van der Waals surface area contributed by atoms with Crippen LogP contribution in [0, 0.1) is 0 Å². The number of aliphatic hydroxyl groups excluding tert-OH is 1. The van der Waals surface area contributed by atoms with Crippen molar-refractivity contribution in [2.75, 3.05) is 13.7 Å². The summed E-state index contributed by atoms with van der Waals surface area (Å²) in [6.07, 6.45) is -3.68. The van der Waals surface area contributed by atoms with Crippen molar-refractivity contribution in [2.45, 2.75) is 56.1 Å². The van der Waals surface area contributed by atoms with Crippen molar-refractivity contribution in [3.63, 3.8) is 0 Å². The molecular weight excluding hydrogens is 543 g/mol. The second-order valence-corrected chi connectivity index (χ2v) is 11.1. The van der Waals surface area contributed by atoms with Crippen LogP contribution < -0.4 is 25.6 Å². The highest BCUT2D eigenvalue weighted by Gasteiger charge is 2.53. The van der Waals surface area contributed by atoms with E-state index in [0.29, 0.717) is 5.75 Å². The zero-order chi connectivity index (χ0) is 28.3. The number of methoxy groups -OCH3 is 1. The van der Waals surface area contributed by atoms with E-state index in [1.54, 1.807) is 26.0 Å². The quantitative estimate of drug-likeness (QED) is 0.153. The summed E-state index contributed by atoms with van der Waals surface area (Å²) in [5.41, 5.74) is -1.54.